The molecule has 0 unspecified atom stereocenters. The van der Waals surface area contributed by atoms with Gasteiger partial charge in [0.1, 0.15) is 17.5 Å². The van der Waals surface area contributed by atoms with E-state index in [2.05, 4.69) is 10.3 Å². The summed E-state index contributed by atoms with van der Waals surface area (Å²) in [5.41, 5.74) is -2.24. The van der Waals surface area contributed by atoms with Gasteiger partial charge >= 0.3 is 5.92 Å². The maximum atomic E-state index is 14.5. The molecule has 2 N–H and O–H groups in total. The summed E-state index contributed by atoms with van der Waals surface area (Å²) in [6.07, 6.45) is 4.17. The minimum atomic E-state index is -3.81. The van der Waals surface area contributed by atoms with Crippen molar-refractivity contribution in [3.63, 3.8) is 0 Å². The molecule has 2 heterocycles. The Morgan fingerprint density at radius 3 is 2.92 bits per heavy atom. The van der Waals surface area contributed by atoms with Gasteiger partial charge in [-0.2, -0.15) is 8.78 Å². The number of hydrogen-bond donors (Lipinski definition) is 2. The molecule has 0 spiro atoms. The molecule has 2 aliphatic rings. The van der Waals surface area contributed by atoms with Crippen LogP contribution in [0.4, 0.5) is 8.78 Å². The lowest BCUT2D eigenvalue weighted by Gasteiger charge is -2.32. The number of halogens is 2. The maximum Gasteiger partial charge on any atom is 0.352 e. The van der Waals surface area contributed by atoms with Gasteiger partial charge in [0.15, 0.2) is 0 Å². The van der Waals surface area contributed by atoms with Gasteiger partial charge in [-0.1, -0.05) is 12.8 Å². The van der Waals surface area contributed by atoms with Crippen LogP contribution < -0.4 is 5.32 Å². The van der Waals surface area contributed by atoms with E-state index in [-0.39, 0.29) is 12.8 Å². The molecule has 0 aromatic carbocycles. The van der Waals surface area contributed by atoms with Crippen molar-refractivity contribution >= 4 is 5.91 Å². The van der Waals surface area contributed by atoms with Crippen molar-refractivity contribution < 1.29 is 23.4 Å². The van der Waals surface area contributed by atoms with Gasteiger partial charge in [-0.25, -0.2) is 4.98 Å². The van der Waals surface area contributed by atoms with Gasteiger partial charge in [-0.15, -0.1) is 0 Å². The molecule has 24 heavy (non-hydrogen) atoms. The van der Waals surface area contributed by atoms with Crippen molar-refractivity contribution in [2.45, 2.75) is 69.2 Å². The first-order valence-corrected chi connectivity index (χ1v) is 8.43. The number of imidazole rings is 1. The molecule has 1 aliphatic heterocycles. The molecular formula is C16H23F2N3O3. The van der Waals surface area contributed by atoms with Crippen molar-refractivity contribution in [1.29, 1.82) is 0 Å². The van der Waals surface area contributed by atoms with Crippen molar-refractivity contribution in [3.8, 4) is 0 Å². The van der Waals surface area contributed by atoms with Crippen molar-refractivity contribution in [2.24, 2.45) is 0 Å². The zero-order valence-corrected chi connectivity index (χ0v) is 13.7. The summed E-state index contributed by atoms with van der Waals surface area (Å²) in [4.78, 5) is 16.4. The molecule has 1 saturated heterocycles. The number of nitrogens with zero attached hydrogens (tertiary/aromatic N) is 2. The predicted molar refractivity (Wildman–Crippen MR) is 81.5 cm³/mol. The molecule has 0 bridgehead atoms. The molecule has 1 aromatic rings. The zero-order chi connectivity index (χ0) is 17.4. The Labute approximate surface area is 139 Å². The zero-order valence-electron chi connectivity index (χ0n) is 13.7. The van der Waals surface area contributed by atoms with Crippen LogP contribution in [0.5, 0.6) is 0 Å². The highest BCUT2D eigenvalue weighted by molar-refractivity contribution is 5.85. The molecule has 1 aromatic heterocycles. The minimum absolute atomic E-state index is 0.0573. The molecule has 134 valence electrons. The normalized spacial score (nSPS) is 26.7. The second kappa shape index (κ2) is 6.40. The van der Waals surface area contributed by atoms with Crippen LogP contribution in [0.2, 0.25) is 0 Å². The van der Waals surface area contributed by atoms with Crippen LogP contribution in [-0.2, 0) is 16.1 Å². The van der Waals surface area contributed by atoms with Crippen molar-refractivity contribution in [3.05, 3.63) is 18.2 Å². The fourth-order valence-electron chi connectivity index (χ4n) is 3.58. The molecule has 0 radical (unpaired) electrons. The monoisotopic (exact) mass is 343 g/mol. The van der Waals surface area contributed by atoms with E-state index in [0.717, 1.165) is 0 Å². The molecule has 2 fully saturated rings. The number of alkyl halides is 2. The summed E-state index contributed by atoms with van der Waals surface area (Å²) in [5.74, 6) is -4.62. The Morgan fingerprint density at radius 1 is 1.54 bits per heavy atom. The van der Waals surface area contributed by atoms with Crippen LogP contribution >= 0.6 is 0 Å². The Kier molecular flexibility index (Phi) is 4.61. The maximum absolute atomic E-state index is 14.5. The molecule has 1 amide bonds. The number of carbonyl (C=O) groups excluding carboxylic acids is 1. The molecule has 6 nitrogen and oxygen atoms in total. The third-order valence-electron chi connectivity index (χ3n) is 5.05. The summed E-state index contributed by atoms with van der Waals surface area (Å²) in [7, 11) is 0. The van der Waals surface area contributed by atoms with Gasteiger partial charge < -0.3 is 19.7 Å². The van der Waals surface area contributed by atoms with Gasteiger partial charge in [0.25, 0.3) is 5.91 Å². The van der Waals surface area contributed by atoms with E-state index in [1.807, 2.05) is 11.5 Å². The van der Waals surface area contributed by atoms with Crippen LogP contribution in [0.3, 0.4) is 0 Å². The summed E-state index contributed by atoms with van der Waals surface area (Å²) >= 11 is 0. The number of carbonyl (C=O) groups is 1. The van der Waals surface area contributed by atoms with Crippen LogP contribution in [0.25, 0.3) is 0 Å². The highest BCUT2D eigenvalue weighted by Gasteiger charge is 2.59. The number of aryl methyl sites for hydroxylation is 1. The smallest absolute Gasteiger partial charge is 0.352 e. The van der Waals surface area contributed by atoms with Crippen LogP contribution in [0.15, 0.2) is 12.4 Å². The number of hydrogen-bond acceptors (Lipinski definition) is 4. The van der Waals surface area contributed by atoms with Crippen LogP contribution in [-0.4, -0.2) is 44.7 Å². The van der Waals surface area contributed by atoms with Crippen molar-refractivity contribution in [1.82, 2.24) is 14.9 Å². The number of rotatable bonds is 5. The Morgan fingerprint density at radius 2 is 2.25 bits per heavy atom. The van der Waals surface area contributed by atoms with Crippen LogP contribution in [0, 0.1) is 0 Å². The lowest BCUT2D eigenvalue weighted by molar-refractivity contribution is -0.191. The summed E-state index contributed by atoms with van der Waals surface area (Å²) in [6.45, 7) is 2.98. The molecular weight excluding hydrogens is 320 g/mol. The quantitative estimate of drug-likeness (QED) is 0.855. The molecule has 8 heteroatoms. The van der Waals surface area contributed by atoms with Gasteiger partial charge in [0.2, 0.25) is 0 Å². The van der Waals surface area contributed by atoms with Gasteiger partial charge in [0.05, 0.1) is 6.04 Å². The lowest BCUT2D eigenvalue weighted by atomic mass is 9.92. The standard InChI is InChI=1S/C16H23F2N3O3/c1-2-21-9-8-19-13(21)12-11(5-10-24-12)20-14(22)16(17,18)15(23)6-3-4-7-15/h8-9,11-12,23H,2-7,10H2,1H3,(H,20,22)/t11-,12-/m0/s1. The topological polar surface area (TPSA) is 76.4 Å². The average Bonchev–Trinajstić information content (AvgIpc) is 3.26. The Balaban J connectivity index is 1.73. The van der Waals surface area contributed by atoms with Gasteiger partial charge in [-0.3, -0.25) is 4.79 Å². The fraction of sp³-hybridized carbons (Fsp3) is 0.750. The average molecular weight is 343 g/mol. The molecule has 2 atom stereocenters. The fourth-order valence-corrected chi connectivity index (χ4v) is 3.58. The van der Waals surface area contributed by atoms with Gasteiger partial charge in [-0.05, 0) is 26.2 Å². The summed E-state index contributed by atoms with van der Waals surface area (Å²) in [6, 6.07) is -0.582. The first-order valence-electron chi connectivity index (χ1n) is 8.43. The lowest BCUT2D eigenvalue weighted by Crippen LogP contribution is -2.57. The second-order valence-corrected chi connectivity index (χ2v) is 6.54. The predicted octanol–water partition coefficient (Wildman–Crippen LogP) is 1.79. The number of ether oxygens (including phenoxy) is 1. The molecule has 1 saturated carbocycles. The summed E-state index contributed by atoms with van der Waals surface area (Å²) < 4.78 is 36.4. The van der Waals surface area contributed by atoms with E-state index in [4.69, 9.17) is 4.74 Å². The van der Waals surface area contributed by atoms with E-state index in [9.17, 15) is 18.7 Å². The molecule has 3 rings (SSSR count). The summed E-state index contributed by atoms with van der Waals surface area (Å²) in [5, 5.41) is 12.5. The van der Waals surface area contributed by atoms with E-state index >= 15 is 0 Å². The second-order valence-electron chi connectivity index (χ2n) is 6.54. The van der Waals surface area contributed by atoms with E-state index in [1.54, 1.807) is 12.4 Å². The largest absolute Gasteiger partial charge is 0.383 e. The van der Waals surface area contributed by atoms with E-state index in [1.165, 1.54) is 0 Å². The number of aromatic nitrogens is 2. The van der Waals surface area contributed by atoms with Gasteiger partial charge in [0, 0.05) is 25.5 Å². The Hall–Kier alpha value is -1.54. The third kappa shape index (κ3) is 2.82. The SMILES string of the molecule is CCn1ccnc1[C@H]1OCC[C@@H]1NC(=O)C(F)(F)C1(O)CCCC1. The highest BCUT2D eigenvalue weighted by Crippen LogP contribution is 2.42. The highest BCUT2D eigenvalue weighted by atomic mass is 19.3. The van der Waals surface area contributed by atoms with Crippen molar-refractivity contribution in [2.75, 3.05) is 6.61 Å². The molecule has 1 aliphatic carbocycles. The number of nitrogens with one attached hydrogen (secondary N) is 1. The minimum Gasteiger partial charge on any atom is -0.383 e. The number of aliphatic hydroxyl groups is 1. The third-order valence-corrected chi connectivity index (χ3v) is 5.05. The van der Waals surface area contributed by atoms with E-state index in [0.29, 0.717) is 38.2 Å². The first kappa shape index (κ1) is 17.3. The Bertz CT molecular complexity index is 599. The number of amides is 1. The van der Waals surface area contributed by atoms with Crippen LogP contribution in [0.1, 0.15) is 51.0 Å². The first-order chi connectivity index (χ1) is 11.4. The van der Waals surface area contributed by atoms with E-state index < -0.39 is 29.6 Å².